The van der Waals surface area contributed by atoms with Crippen LogP contribution in [0.1, 0.15) is 26.2 Å². The molecule has 0 spiro atoms. The van der Waals surface area contributed by atoms with Crippen LogP contribution in [0.25, 0.3) is 0 Å². The van der Waals surface area contributed by atoms with Gasteiger partial charge in [0.15, 0.2) is 0 Å². The summed E-state index contributed by atoms with van der Waals surface area (Å²) in [6.45, 7) is 2.21. The van der Waals surface area contributed by atoms with Crippen LogP contribution in [0, 0.1) is 0 Å². The predicted octanol–water partition coefficient (Wildman–Crippen LogP) is 1.10. The van der Waals surface area contributed by atoms with E-state index < -0.39 is 0 Å². The topological polar surface area (TPSA) is 51.6 Å². The Labute approximate surface area is 89.4 Å². The molecular weight excluding hydrogens is 212 g/mol. The average Bonchev–Trinajstić information content (AvgIpc) is 1.96. The van der Waals surface area contributed by atoms with Gasteiger partial charge in [-0.1, -0.05) is 19.8 Å². The van der Waals surface area contributed by atoms with E-state index in [1.807, 2.05) is 11.8 Å². The van der Waals surface area contributed by atoms with E-state index in [4.69, 9.17) is 11.1 Å². The van der Waals surface area contributed by atoms with Crippen molar-refractivity contribution in [1.29, 1.82) is 0 Å². The summed E-state index contributed by atoms with van der Waals surface area (Å²) >= 11 is 3.43. The molecule has 0 aliphatic heterocycles. The van der Waals surface area contributed by atoms with Gasteiger partial charge in [0.2, 0.25) is 0 Å². The van der Waals surface area contributed by atoms with Crippen LogP contribution in [0.4, 0.5) is 0 Å². The Morgan fingerprint density at radius 2 is 2.08 bits per heavy atom. The molecule has 0 aromatic carbocycles. The molecule has 0 rings (SSSR count). The zero-order valence-electron chi connectivity index (χ0n) is 7.41. The summed E-state index contributed by atoms with van der Waals surface area (Å²) in [5.74, 6) is 1.23. The van der Waals surface area contributed by atoms with E-state index in [2.05, 4.69) is 6.92 Å². The Morgan fingerprint density at radius 3 is 2.58 bits per heavy atom. The highest BCUT2D eigenvalue weighted by Crippen LogP contribution is 2.12. The molecule has 0 saturated heterocycles. The highest BCUT2D eigenvalue weighted by atomic mass is 35.5. The van der Waals surface area contributed by atoms with Crippen molar-refractivity contribution < 1.29 is 5.41 Å². The van der Waals surface area contributed by atoms with Crippen molar-refractivity contribution in [3.8, 4) is 0 Å². The highest BCUT2D eigenvalue weighted by molar-refractivity contribution is 8.23. The van der Waals surface area contributed by atoms with E-state index in [0.717, 1.165) is 5.08 Å². The number of amidine groups is 1. The number of hydrogen-bond donors (Lipinski definition) is 2. The largest absolute Gasteiger partial charge is 0.300 e. The van der Waals surface area contributed by atoms with Crippen LogP contribution in [0.5, 0.6) is 0 Å². The molecular formula is C7H18ClN2S2+. The third-order valence-corrected chi connectivity index (χ3v) is 3.25. The van der Waals surface area contributed by atoms with Crippen molar-refractivity contribution in [3.63, 3.8) is 0 Å². The van der Waals surface area contributed by atoms with Crippen molar-refractivity contribution in [3.05, 3.63) is 0 Å². The molecule has 0 aliphatic carbocycles. The molecule has 0 aliphatic rings. The van der Waals surface area contributed by atoms with Crippen molar-refractivity contribution in [2.45, 2.75) is 26.2 Å². The molecule has 0 heterocycles. The van der Waals surface area contributed by atoms with E-state index in [0.29, 0.717) is 5.17 Å². The Morgan fingerprint density at radius 1 is 1.42 bits per heavy atom. The van der Waals surface area contributed by atoms with Crippen LogP contribution < -0.4 is 11.1 Å². The maximum absolute atomic E-state index is 5.28. The van der Waals surface area contributed by atoms with Crippen LogP contribution in [-0.4, -0.2) is 16.0 Å². The molecule has 74 valence electrons. The van der Waals surface area contributed by atoms with Gasteiger partial charge in [-0.2, -0.15) is 11.8 Å². The van der Waals surface area contributed by atoms with E-state index in [9.17, 15) is 0 Å². The lowest BCUT2D eigenvalue weighted by molar-refractivity contribution is -0.110. The van der Waals surface area contributed by atoms with Gasteiger partial charge < -0.3 is 0 Å². The fraction of sp³-hybridized carbons (Fsp3) is 0.857. The minimum Gasteiger partial charge on any atom is -0.282 e. The maximum atomic E-state index is 5.28. The van der Waals surface area contributed by atoms with Gasteiger partial charge in [-0.05, 0) is 23.9 Å². The van der Waals surface area contributed by atoms with E-state index in [1.54, 1.807) is 0 Å². The Hall–Kier alpha value is 0.460. The number of hydrogen-bond acceptors (Lipinski definition) is 2. The number of thioether (sulfide) groups is 2. The standard InChI is InChI=1S/C7H16N2S2.ClH/c1-2-3-4-5-10-6-11-7(8)9;/h2-6H2,1H3,(H3,8,9);1H/p+1. The first kappa shape index (κ1) is 15.0. The minimum atomic E-state index is 0. The summed E-state index contributed by atoms with van der Waals surface area (Å²) < 4.78 is 0. The molecule has 0 aromatic heterocycles. The van der Waals surface area contributed by atoms with Gasteiger partial charge in [-0.3, -0.25) is 11.1 Å². The second kappa shape index (κ2) is 11.5. The van der Waals surface area contributed by atoms with E-state index in [1.165, 1.54) is 36.8 Å². The Balaban J connectivity index is 0. The summed E-state index contributed by atoms with van der Waals surface area (Å²) in [6.07, 6.45) is 3.94. The highest BCUT2D eigenvalue weighted by Gasteiger charge is 1.95. The molecule has 0 amide bonds. The van der Waals surface area contributed by atoms with Gasteiger partial charge >= 0.3 is 5.17 Å². The quantitative estimate of drug-likeness (QED) is 0.310. The van der Waals surface area contributed by atoms with Gasteiger partial charge in [-0.15, -0.1) is 12.4 Å². The van der Waals surface area contributed by atoms with Crippen molar-refractivity contribution in [1.82, 2.24) is 0 Å². The predicted molar refractivity (Wildman–Crippen MR) is 62.8 cm³/mol. The first-order valence-electron chi connectivity index (χ1n) is 3.85. The lowest BCUT2D eigenvalue weighted by Crippen LogP contribution is -2.43. The lowest BCUT2D eigenvalue weighted by atomic mass is 10.3. The Kier molecular flexibility index (Phi) is 14.3. The zero-order chi connectivity index (χ0) is 8.53. The summed E-state index contributed by atoms with van der Waals surface area (Å²) in [5.41, 5.74) is 5.28. The SMILES string of the molecule is CCCCCSCSC(N)=[NH2+].Cl. The Bertz CT molecular complexity index is 112. The van der Waals surface area contributed by atoms with Crippen molar-refractivity contribution >= 4 is 41.1 Å². The molecule has 0 saturated carbocycles. The molecule has 2 nitrogen and oxygen atoms in total. The lowest BCUT2D eigenvalue weighted by Gasteiger charge is -1.96. The van der Waals surface area contributed by atoms with Gasteiger partial charge in [-0.25, -0.2) is 0 Å². The number of halogens is 1. The van der Waals surface area contributed by atoms with Crippen LogP contribution in [0.15, 0.2) is 0 Å². The third kappa shape index (κ3) is 13.1. The molecule has 0 bridgehead atoms. The van der Waals surface area contributed by atoms with Gasteiger partial charge in [0.05, 0.1) is 5.08 Å². The molecule has 12 heavy (non-hydrogen) atoms. The molecule has 0 unspecified atom stereocenters. The zero-order valence-corrected chi connectivity index (χ0v) is 9.86. The second-order valence-corrected chi connectivity index (χ2v) is 4.80. The molecule has 0 radical (unpaired) electrons. The molecule has 5 heteroatoms. The van der Waals surface area contributed by atoms with Gasteiger partial charge in [0.25, 0.3) is 0 Å². The maximum Gasteiger partial charge on any atom is 0.300 e. The van der Waals surface area contributed by atoms with E-state index in [-0.39, 0.29) is 12.4 Å². The minimum absolute atomic E-state index is 0. The van der Waals surface area contributed by atoms with Gasteiger partial charge in [0, 0.05) is 0 Å². The summed E-state index contributed by atoms with van der Waals surface area (Å²) in [4.78, 5) is 0. The van der Waals surface area contributed by atoms with Crippen LogP contribution in [0.3, 0.4) is 0 Å². The smallest absolute Gasteiger partial charge is 0.282 e. The first-order chi connectivity index (χ1) is 5.27. The molecule has 0 aromatic rings. The molecule has 0 atom stereocenters. The fourth-order valence-corrected chi connectivity index (χ4v) is 2.38. The molecule has 0 fully saturated rings. The van der Waals surface area contributed by atoms with Gasteiger partial charge in [0.1, 0.15) is 0 Å². The van der Waals surface area contributed by atoms with Crippen molar-refractivity contribution in [2.24, 2.45) is 5.73 Å². The summed E-state index contributed by atoms with van der Waals surface area (Å²) in [7, 11) is 0. The third-order valence-electron chi connectivity index (χ3n) is 1.20. The molecule has 4 N–H and O–H groups in total. The first-order valence-corrected chi connectivity index (χ1v) is 5.99. The summed E-state index contributed by atoms with van der Waals surface area (Å²) in [6, 6.07) is 0. The van der Waals surface area contributed by atoms with Crippen molar-refractivity contribution in [2.75, 3.05) is 10.8 Å². The summed E-state index contributed by atoms with van der Waals surface area (Å²) in [5, 5.41) is 6.75. The second-order valence-electron chi connectivity index (χ2n) is 2.28. The average molecular weight is 230 g/mol. The van der Waals surface area contributed by atoms with Crippen LogP contribution >= 0.6 is 35.9 Å². The van der Waals surface area contributed by atoms with Crippen LogP contribution in [0.2, 0.25) is 0 Å². The van der Waals surface area contributed by atoms with E-state index >= 15 is 0 Å². The number of nitrogens with two attached hydrogens (primary N) is 2. The number of rotatable bonds is 6. The number of unbranched alkanes of at least 4 members (excludes halogenated alkanes) is 2. The normalized spacial score (nSPS) is 9.08. The fourth-order valence-electron chi connectivity index (χ4n) is 0.623. The van der Waals surface area contributed by atoms with Crippen LogP contribution in [-0.2, 0) is 0 Å². The monoisotopic (exact) mass is 229 g/mol.